The molecule has 0 amide bonds. The largest absolute Gasteiger partial charge is 0.381 e. The van der Waals surface area contributed by atoms with Crippen molar-refractivity contribution >= 4 is 48.0 Å². The summed E-state index contributed by atoms with van der Waals surface area (Å²) >= 11 is 1.86. The van der Waals surface area contributed by atoms with Gasteiger partial charge in [-0.2, -0.15) is 0 Å². The maximum Gasteiger partial charge on any atom is 0.0406 e. The molecule has 0 spiro atoms. The van der Waals surface area contributed by atoms with Crippen LogP contribution in [0.4, 0.5) is 5.69 Å². The molecule has 0 aliphatic rings. The van der Waals surface area contributed by atoms with Crippen molar-refractivity contribution in [3.05, 3.63) is 90.5 Å². The van der Waals surface area contributed by atoms with Crippen molar-refractivity contribution in [2.24, 2.45) is 0 Å². The van der Waals surface area contributed by atoms with Crippen molar-refractivity contribution in [2.45, 2.75) is 6.54 Å². The Hall–Kier alpha value is -2.84. The first kappa shape index (κ1) is 14.5. The van der Waals surface area contributed by atoms with Crippen LogP contribution in [0.15, 0.2) is 84.9 Å². The van der Waals surface area contributed by atoms with Crippen molar-refractivity contribution in [3.63, 3.8) is 0 Å². The van der Waals surface area contributed by atoms with Gasteiger partial charge in [0.25, 0.3) is 0 Å². The molecule has 0 aliphatic heterocycles. The Kier molecular flexibility index (Phi) is 3.43. The summed E-state index contributed by atoms with van der Waals surface area (Å²) in [7, 11) is 0. The quantitative estimate of drug-likeness (QED) is 0.380. The van der Waals surface area contributed by atoms with Crippen molar-refractivity contribution < 1.29 is 0 Å². The third-order valence-electron chi connectivity index (χ3n) is 4.74. The van der Waals surface area contributed by atoms with E-state index in [9.17, 15) is 0 Å². The predicted octanol–water partition coefficient (Wildman–Crippen LogP) is 6.82. The molecule has 0 atom stereocenters. The lowest BCUT2D eigenvalue weighted by Crippen LogP contribution is -1.99. The van der Waals surface area contributed by atoms with Crippen LogP contribution in [-0.2, 0) is 6.54 Å². The van der Waals surface area contributed by atoms with Crippen LogP contribution >= 0.6 is 11.3 Å². The summed E-state index contributed by atoms with van der Waals surface area (Å²) in [6.45, 7) is 0.828. The SMILES string of the molecule is c1ccc2c(CNc3ccc4sc5ccccc5c4c3)cccc2c1. The fourth-order valence-corrected chi connectivity index (χ4v) is 4.57. The van der Waals surface area contributed by atoms with Gasteiger partial charge in [0, 0.05) is 32.4 Å². The predicted molar refractivity (Wildman–Crippen MR) is 111 cm³/mol. The third kappa shape index (κ3) is 2.55. The molecule has 2 heteroatoms. The van der Waals surface area contributed by atoms with E-state index < -0.39 is 0 Å². The second-order valence-electron chi connectivity index (χ2n) is 6.30. The van der Waals surface area contributed by atoms with E-state index in [1.165, 1.54) is 42.2 Å². The van der Waals surface area contributed by atoms with Gasteiger partial charge in [-0.1, -0.05) is 60.7 Å². The number of hydrogen-bond donors (Lipinski definition) is 1. The Labute approximate surface area is 150 Å². The lowest BCUT2D eigenvalue weighted by molar-refractivity contribution is 1.17. The number of hydrogen-bond acceptors (Lipinski definition) is 2. The first-order chi connectivity index (χ1) is 12.4. The van der Waals surface area contributed by atoms with Gasteiger partial charge in [-0.25, -0.2) is 0 Å². The van der Waals surface area contributed by atoms with Gasteiger partial charge in [0.05, 0.1) is 0 Å². The molecule has 1 N–H and O–H groups in total. The Morgan fingerprint density at radius 2 is 1.40 bits per heavy atom. The fourth-order valence-electron chi connectivity index (χ4n) is 3.48. The molecule has 0 fully saturated rings. The molecule has 0 unspecified atom stereocenters. The first-order valence-corrected chi connectivity index (χ1v) is 9.32. The minimum Gasteiger partial charge on any atom is -0.381 e. The van der Waals surface area contributed by atoms with Gasteiger partial charge in [-0.05, 0) is 40.6 Å². The zero-order valence-electron chi connectivity index (χ0n) is 13.7. The van der Waals surface area contributed by atoms with Crippen LogP contribution in [-0.4, -0.2) is 0 Å². The molecule has 0 saturated heterocycles. The maximum atomic E-state index is 3.60. The molecule has 25 heavy (non-hydrogen) atoms. The monoisotopic (exact) mass is 339 g/mol. The van der Waals surface area contributed by atoms with E-state index in [1.807, 2.05) is 11.3 Å². The lowest BCUT2D eigenvalue weighted by atomic mass is 10.0. The Morgan fingerprint density at radius 1 is 0.640 bits per heavy atom. The van der Waals surface area contributed by atoms with Crippen LogP contribution in [0.3, 0.4) is 0 Å². The van der Waals surface area contributed by atoms with Crippen LogP contribution in [0.5, 0.6) is 0 Å². The average Bonchev–Trinajstić information content (AvgIpc) is 3.04. The minimum absolute atomic E-state index is 0.828. The number of thiophene rings is 1. The van der Waals surface area contributed by atoms with Crippen molar-refractivity contribution in [1.29, 1.82) is 0 Å². The number of nitrogens with one attached hydrogen (secondary N) is 1. The van der Waals surface area contributed by atoms with Gasteiger partial charge in [-0.3, -0.25) is 0 Å². The molecule has 0 aliphatic carbocycles. The van der Waals surface area contributed by atoms with Crippen molar-refractivity contribution in [3.8, 4) is 0 Å². The Balaban J connectivity index is 1.50. The number of benzene rings is 4. The van der Waals surface area contributed by atoms with Crippen LogP contribution in [0.2, 0.25) is 0 Å². The highest BCUT2D eigenvalue weighted by Gasteiger charge is 2.06. The van der Waals surface area contributed by atoms with E-state index in [0.29, 0.717) is 0 Å². The average molecular weight is 339 g/mol. The summed E-state index contributed by atoms with van der Waals surface area (Å²) in [4.78, 5) is 0. The summed E-state index contributed by atoms with van der Waals surface area (Å²) in [5.74, 6) is 0. The molecular formula is C23H17NS. The van der Waals surface area contributed by atoms with E-state index in [0.717, 1.165) is 6.54 Å². The van der Waals surface area contributed by atoms with Crippen LogP contribution in [0.1, 0.15) is 5.56 Å². The number of rotatable bonds is 3. The van der Waals surface area contributed by atoms with E-state index in [-0.39, 0.29) is 0 Å². The number of fused-ring (bicyclic) bond motifs is 4. The second-order valence-corrected chi connectivity index (χ2v) is 7.38. The van der Waals surface area contributed by atoms with Crippen LogP contribution < -0.4 is 5.32 Å². The Morgan fingerprint density at radius 3 is 2.36 bits per heavy atom. The summed E-state index contributed by atoms with van der Waals surface area (Å²) in [5.41, 5.74) is 2.50. The minimum atomic E-state index is 0.828. The molecule has 5 rings (SSSR count). The van der Waals surface area contributed by atoms with Gasteiger partial charge in [-0.15, -0.1) is 11.3 Å². The number of anilines is 1. The Bertz CT molecular complexity index is 1200. The van der Waals surface area contributed by atoms with Gasteiger partial charge in [0.1, 0.15) is 0 Å². The fraction of sp³-hybridized carbons (Fsp3) is 0.0435. The van der Waals surface area contributed by atoms with Gasteiger partial charge in [0.15, 0.2) is 0 Å². The van der Waals surface area contributed by atoms with E-state index >= 15 is 0 Å². The maximum absolute atomic E-state index is 3.60. The van der Waals surface area contributed by atoms with Gasteiger partial charge in [0.2, 0.25) is 0 Å². The normalized spacial score (nSPS) is 11.4. The second kappa shape index (κ2) is 5.91. The lowest BCUT2D eigenvalue weighted by Gasteiger charge is -2.10. The van der Waals surface area contributed by atoms with Crippen molar-refractivity contribution in [2.75, 3.05) is 5.32 Å². The molecule has 5 aromatic rings. The summed E-state index contributed by atoms with van der Waals surface area (Å²) in [5, 5.41) is 8.90. The van der Waals surface area contributed by atoms with E-state index in [4.69, 9.17) is 0 Å². The zero-order valence-corrected chi connectivity index (χ0v) is 14.5. The molecule has 120 valence electrons. The molecule has 4 aromatic carbocycles. The molecule has 0 bridgehead atoms. The summed E-state index contributed by atoms with van der Waals surface area (Å²) in [6.07, 6.45) is 0. The highest BCUT2D eigenvalue weighted by molar-refractivity contribution is 7.25. The highest BCUT2D eigenvalue weighted by atomic mass is 32.1. The topological polar surface area (TPSA) is 12.0 Å². The molecule has 1 nitrogen and oxygen atoms in total. The third-order valence-corrected chi connectivity index (χ3v) is 5.89. The van der Waals surface area contributed by atoms with E-state index in [2.05, 4.69) is 90.2 Å². The molecule has 1 aromatic heterocycles. The first-order valence-electron chi connectivity index (χ1n) is 8.50. The standard InChI is InChI=1S/C23H17NS/c1-2-9-19-16(6-1)7-5-8-17(19)15-24-18-12-13-23-21(14-18)20-10-3-4-11-22(20)25-23/h1-14,24H,15H2. The van der Waals surface area contributed by atoms with E-state index in [1.54, 1.807) is 0 Å². The molecular weight excluding hydrogens is 322 g/mol. The summed E-state index contributed by atoms with van der Waals surface area (Å²) < 4.78 is 2.70. The molecule has 0 saturated carbocycles. The highest BCUT2D eigenvalue weighted by Crippen LogP contribution is 2.35. The smallest absolute Gasteiger partial charge is 0.0406 e. The molecule has 0 radical (unpaired) electrons. The van der Waals surface area contributed by atoms with Crippen LogP contribution in [0, 0.1) is 0 Å². The summed E-state index contributed by atoms with van der Waals surface area (Å²) in [6, 6.07) is 30.4. The van der Waals surface area contributed by atoms with Gasteiger partial charge >= 0.3 is 0 Å². The molecule has 1 heterocycles. The zero-order chi connectivity index (χ0) is 16.6. The van der Waals surface area contributed by atoms with Gasteiger partial charge < -0.3 is 5.32 Å². The van der Waals surface area contributed by atoms with Crippen LogP contribution in [0.25, 0.3) is 30.9 Å². The van der Waals surface area contributed by atoms with Crippen molar-refractivity contribution in [1.82, 2.24) is 0 Å².